The summed E-state index contributed by atoms with van der Waals surface area (Å²) in [5.74, 6) is 0.00631. The fourth-order valence-electron chi connectivity index (χ4n) is 4.94. The lowest BCUT2D eigenvalue weighted by molar-refractivity contribution is -0.132. The maximum Gasteiger partial charge on any atom is 0.270 e. The molecule has 7 nitrogen and oxygen atoms in total. The summed E-state index contributed by atoms with van der Waals surface area (Å²) in [6.07, 6.45) is 3.54. The summed E-state index contributed by atoms with van der Waals surface area (Å²) in [5, 5.41) is 7.21. The highest BCUT2D eigenvalue weighted by Crippen LogP contribution is 2.47. The first-order valence-electron chi connectivity index (χ1n) is 10.7. The van der Waals surface area contributed by atoms with Crippen molar-refractivity contribution >= 4 is 23.2 Å². The van der Waals surface area contributed by atoms with Gasteiger partial charge in [0, 0.05) is 16.7 Å². The summed E-state index contributed by atoms with van der Waals surface area (Å²) in [6.45, 7) is 3.36. The third-order valence-corrected chi connectivity index (χ3v) is 7.32. The second-order valence-corrected chi connectivity index (χ2v) is 9.48. The van der Waals surface area contributed by atoms with E-state index in [1.165, 1.54) is 18.3 Å². The number of benzene rings is 2. The number of thiazole rings is 1. The van der Waals surface area contributed by atoms with Crippen LogP contribution in [0.15, 0.2) is 70.6 Å². The van der Waals surface area contributed by atoms with Gasteiger partial charge in [-0.05, 0) is 26.0 Å². The Morgan fingerprint density at radius 3 is 2.73 bits per heavy atom. The summed E-state index contributed by atoms with van der Waals surface area (Å²) < 4.78 is 8.42. The topological polar surface area (TPSA) is 89.3 Å². The minimum Gasteiger partial charge on any atom is -0.465 e. The van der Waals surface area contributed by atoms with Crippen LogP contribution in [0.4, 0.5) is 0 Å². The van der Waals surface area contributed by atoms with E-state index >= 15 is 0 Å². The lowest BCUT2D eigenvalue weighted by Gasteiger charge is -2.45. The van der Waals surface area contributed by atoms with Gasteiger partial charge in [-0.3, -0.25) is 19.3 Å². The Bertz CT molecular complexity index is 1580. The van der Waals surface area contributed by atoms with Crippen LogP contribution < -0.4 is 19.6 Å². The smallest absolute Gasteiger partial charge is 0.270 e. The maximum absolute atomic E-state index is 13.7. The standard InChI is InChI=1S/C25H20N4O3S/c1-14(30)20-22-17-10-6-7-11-18(17)32-25(20,2)27-24-29(22)23(31)19(33-24)12-16-13-26-28-21(16)15-8-4-3-5-9-15/h3-13,20,22H,1-2H3,(H,26,28)/b19-12+/t20-,22+,25-/m0/s1. The second kappa shape index (κ2) is 7.11. The molecule has 0 amide bonds. The summed E-state index contributed by atoms with van der Waals surface area (Å²) >= 11 is 1.30. The fraction of sp³-hybridized carbons (Fsp3) is 0.200. The van der Waals surface area contributed by atoms with E-state index in [4.69, 9.17) is 9.73 Å². The van der Waals surface area contributed by atoms with Gasteiger partial charge in [-0.25, -0.2) is 4.99 Å². The average molecular weight is 457 g/mol. The molecule has 2 aromatic heterocycles. The third kappa shape index (κ3) is 2.94. The van der Waals surface area contributed by atoms with Crippen molar-refractivity contribution in [2.75, 3.05) is 0 Å². The molecule has 164 valence electrons. The Balaban J connectivity index is 1.59. The molecule has 0 saturated heterocycles. The molecule has 2 aliphatic rings. The molecule has 6 rings (SSSR count). The molecule has 2 bridgehead atoms. The van der Waals surface area contributed by atoms with Crippen LogP contribution in [0.2, 0.25) is 0 Å². The average Bonchev–Trinajstić information content (AvgIpc) is 3.37. The van der Waals surface area contributed by atoms with Crippen molar-refractivity contribution in [3.05, 3.63) is 91.6 Å². The number of aromatic amines is 1. The first-order chi connectivity index (χ1) is 16.0. The summed E-state index contributed by atoms with van der Waals surface area (Å²) in [5.41, 5.74) is 2.22. The van der Waals surface area contributed by atoms with Crippen LogP contribution in [0.3, 0.4) is 0 Å². The number of carbonyl (C=O) groups excluding carboxylic acids is 1. The second-order valence-electron chi connectivity index (χ2n) is 8.47. The number of para-hydroxylation sites is 1. The number of nitrogens with zero attached hydrogens (tertiary/aromatic N) is 3. The van der Waals surface area contributed by atoms with Crippen LogP contribution in [0, 0.1) is 5.92 Å². The Labute approximate surface area is 192 Å². The summed E-state index contributed by atoms with van der Waals surface area (Å²) in [4.78, 5) is 31.7. The number of rotatable bonds is 3. The van der Waals surface area contributed by atoms with Crippen LogP contribution in [0.1, 0.15) is 31.0 Å². The molecule has 3 atom stereocenters. The number of carbonyl (C=O) groups is 1. The molecule has 2 aliphatic heterocycles. The first kappa shape index (κ1) is 19.9. The molecule has 4 heterocycles. The van der Waals surface area contributed by atoms with Gasteiger partial charge in [0.15, 0.2) is 4.80 Å². The molecule has 33 heavy (non-hydrogen) atoms. The molecule has 0 radical (unpaired) electrons. The lowest BCUT2D eigenvalue weighted by atomic mass is 9.79. The largest absolute Gasteiger partial charge is 0.465 e. The van der Waals surface area contributed by atoms with Crippen molar-refractivity contribution in [3.8, 4) is 17.0 Å². The number of hydrogen-bond donors (Lipinski definition) is 1. The van der Waals surface area contributed by atoms with Gasteiger partial charge in [-0.15, -0.1) is 0 Å². The molecule has 0 fully saturated rings. The van der Waals surface area contributed by atoms with Gasteiger partial charge >= 0.3 is 0 Å². The van der Waals surface area contributed by atoms with Gasteiger partial charge in [0.05, 0.1) is 22.5 Å². The fourth-order valence-corrected chi connectivity index (χ4v) is 6.03. The zero-order valence-corrected chi connectivity index (χ0v) is 18.8. The number of fused-ring (bicyclic) bond motifs is 6. The van der Waals surface area contributed by atoms with E-state index < -0.39 is 17.7 Å². The molecule has 0 unspecified atom stereocenters. The number of Topliss-reactive ketones (excluding diaryl/α,β-unsaturated/α-hetero) is 1. The number of hydrogen-bond acceptors (Lipinski definition) is 6. The van der Waals surface area contributed by atoms with Crippen molar-refractivity contribution in [2.45, 2.75) is 25.6 Å². The highest BCUT2D eigenvalue weighted by molar-refractivity contribution is 7.07. The van der Waals surface area contributed by atoms with E-state index in [-0.39, 0.29) is 11.3 Å². The van der Waals surface area contributed by atoms with Gasteiger partial charge in [0.25, 0.3) is 5.56 Å². The Morgan fingerprint density at radius 1 is 1.18 bits per heavy atom. The third-order valence-electron chi connectivity index (χ3n) is 6.34. The molecule has 2 aromatic carbocycles. The zero-order chi connectivity index (χ0) is 22.7. The van der Waals surface area contributed by atoms with Gasteiger partial charge in [-0.1, -0.05) is 59.9 Å². The van der Waals surface area contributed by atoms with E-state index in [2.05, 4.69) is 10.2 Å². The van der Waals surface area contributed by atoms with Crippen LogP contribution in [-0.2, 0) is 4.79 Å². The summed E-state index contributed by atoms with van der Waals surface area (Å²) in [6, 6.07) is 16.9. The van der Waals surface area contributed by atoms with Gasteiger partial charge in [0.2, 0.25) is 5.72 Å². The van der Waals surface area contributed by atoms with Gasteiger partial charge in [0.1, 0.15) is 17.5 Å². The Hall–Kier alpha value is -3.78. The molecule has 0 spiro atoms. The molecule has 4 aromatic rings. The van der Waals surface area contributed by atoms with Crippen molar-refractivity contribution in [1.29, 1.82) is 0 Å². The molecule has 1 N–H and O–H groups in total. The van der Waals surface area contributed by atoms with Crippen LogP contribution in [0.5, 0.6) is 5.75 Å². The zero-order valence-electron chi connectivity index (χ0n) is 18.0. The molecule has 8 heteroatoms. The minimum atomic E-state index is -1.07. The van der Waals surface area contributed by atoms with E-state index in [1.54, 1.807) is 10.8 Å². The van der Waals surface area contributed by atoms with E-state index in [9.17, 15) is 9.59 Å². The van der Waals surface area contributed by atoms with Crippen molar-refractivity contribution in [2.24, 2.45) is 10.9 Å². The highest BCUT2D eigenvalue weighted by Gasteiger charge is 2.53. The van der Waals surface area contributed by atoms with Gasteiger partial charge in [-0.2, -0.15) is 5.10 Å². The molecule has 0 saturated carbocycles. The minimum absolute atomic E-state index is 0.0590. The van der Waals surface area contributed by atoms with Crippen LogP contribution in [0.25, 0.3) is 17.3 Å². The van der Waals surface area contributed by atoms with Crippen molar-refractivity contribution in [3.63, 3.8) is 0 Å². The maximum atomic E-state index is 13.7. The summed E-state index contributed by atoms with van der Waals surface area (Å²) in [7, 11) is 0. The van der Waals surface area contributed by atoms with E-state index in [0.717, 1.165) is 22.4 Å². The Morgan fingerprint density at radius 2 is 1.94 bits per heavy atom. The number of H-pyrrole nitrogens is 1. The van der Waals surface area contributed by atoms with Crippen molar-refractivity contribution < 1.29 is 9.53 Å². The van der Waals surface area contributed by atoms with Crippen LogP contribution >= 0.6 is 11.3 Å². The lowest BCUT2D eigenvalue weighted by Crippen LogP contribution is -2.58. The predicted octanol–water partition coefficient (Wildman–Crippen LogP) is 2.67. The normalized spacial score (nSPS) is 23.3. The quantitative estimate of drug-likeness (QED) is 0.513. The molecule has 0 aliphatic carbocycles. The molecular weight excluding hydrogens is 436 g/mol. The number of ketones is 1. The van der Waals surface area contributed by atoms with E-state index in [0.29, 0.717) is 15.1 Å². The van der Waals surface area contributed by atoms with Crippen molar-refractivity contribution in [1.82, 2.24) is 14.8 Å². The van der Waals surface area contributed by atoms with E-state index in [1.807, 2.05) is 67.6 Å². The number of ether oxygens (including phenoxy) is 1. The highest BCUT2D eigenvalue weighted by atomic mass is 32.1. The number of aromatic nitrogens is 3. The molecular formula is C25H20N4O3S. The first-order valence-corrected chi connectivity index (χ1v) is 11.5. The van der Waals surface area contributed by atoms with Crippen LogP contribution in [-0.4, -0.2) is 26.3 Å². The van der Waals surface area contributed by atoms with Gasteiger partial charge < -0.3 is 4.74 Å². The SMILES string of the molecule is CC(=O)[C@H]1[C@H]2c3ccccc3O[C@]1(C)N=c1s/c(=C/c3cn[nH]c3-c3ccccc3)c(=O)n12. The monoisotopic (exact) mass is 456 g/mol. The Kier molecular flexibility index (Phi) is 4.28. The predicted molar refractivity (Wildman–Crippen MR) is 125 cm³/mol. The number of nitrogens with one attached hydrogen (secondary N) is 1.